The maximum absolute atomic E-state index is 12.0. The van der Waals surface area contributed by atoms with Crippen molar-refractivity contribution in [1.29, 1.82) is 0 Å². The normalized spacial score (nSPS) is 25.0. The molecule has 0 aromatic heterocycles. The topological polar surface area (TPSA) is 61.4 Å². The Morgan fingerprint density at radius 1 is 0.957 bits per heavy atom. The van der Waals surface area contributed by atoms with Gasteiger partial charge in [0, 0.05) is 32.6 Å². The molecule has 2 aliphatic rings. The zero-order chi connectivity index (χ0) is 16.5. The Hall–Kier alpha value is -1.26. The van der Waals surface area contributed by atoms with Gasteiger partial charge in [-0.25, -0.2) is 4.79 Å². The molecule has 0 aromatic carbocycles. The minimum atomic E-state index is -0.131. The van der Waals surface area contributed by atoms with Gasteiger partial charge in [0.2, 0.25) is 5.91 Å². The number of urea groups is 1. The Morgan fingerprint density at radius 3 is 2.26 bits per heavy atom. The molecule has 5 heteroatoms. The Kier molecular flexibility index (Phi) is 7.69. The van der Waals surface area contributed by atoms with Crippen molar-refractivity contribution < 1.29 is 9.59 Å². The zero-order valence-corrected chi connectivity index (χ0v) is 14.6. The van der Waals surface area contributed by atoms with E-state index in [2.05, 4.69) is 17.6 Å². The number of nitrogens with zero attached hydrogens (tertiary/aromatic N) is 1. The van der Waals surface area contributed by atoms with Crippen LogP contribution in [0.4, 0.5) is 4.79 Å². The van der Waals surface area contributed by atoms with Crippen molar-refractivity contribution in [3.05, 3.63) is 0 Å². The highest BCUT2D eigenvalue weighted by Crippen LogP contribution is 2.29. The van der Waals surface area contributed by atoms with Crippen LogP contribution in [0.25, 0.3) is 0 Å². The van der Waals surface area contributed by atoms with E-state index in [0.29, 0.717) is 18.9 Å². The second kappa shape index (κ2) is 9.78. The lowest BCUT2D eigenvalue weighted by Crippen LogP contribution is -2.41. The Bertz CT molecular complexity index is 372. The quantitative estimate of drug-likeness (QED) is 0.789. The summed E-state index contributed by atoms with van der Waals surface area (Å²) in [5, 5.41) is 5.78. The number of carbonyl (C=O) groups excluding carboxylic acids is 2. The zero-order valence-electron chi connectivity index (χ0n) is 14.6. The van der Waals surface area contributed by atoms with Gasteiger partial charge in [-0.1, -0.05) is 26.2 Å². The summed E-state index contributed by atoms with van der Waals surface area (Å²) in [6.45, 7) is 5.23. The fourth-order valence-electron chi connectivity index (χ4n) is 3.73. The first kappa shape index (κ1) is 18.1. The minimum Gasteiger partial charge on any atom is -0.343 e. The highest BCUT2D eigenvalue weighted by molar-refractivity contribution is 5.78. The van der Waals surface area contributed by atoms with E-state index >= 15 is 0 Å². The number of rotatable bonds is 6. The van der Waals surface area contributed by atoms with Crippen LogP contribution < -0.4 is 10.6 Å². The van der Waals surface area contributed by atoms with Crippen LogP contribution in [0.5, 0.6) is 0 Å². The first-order valence-corrected chi connectivity index (χ1v) is 9.48. The summed E-state index contributed by atoms with van der Waals surface area (Å²) >= 11 is 0. The fourth-order valence-corrected chi connectivity index (χ4v) is 3.73. The van der Waals surface area contributed by atoms with Crippen LogP contribution in [0.3, 0.4) is 0 Å². The summed E-state index contributed by atoms with van der Waals surface area (Å²) in [6.07, 6.45) is 10.2. The number of piperidine rings is 1. The molecule has 23 heavy (non-hydrogen) atoms. The number of likely N-dealkylation sites (tertiary alicyclic amines) is 1. The largest absolute Gasteiger partial charge is 0.343 e. The van der Waals surface area contributed by atoms with Crippen LogP contribution in [0.1, 0.15) is 64.7 Å². The Labute approximate surface area is 140 Å². The molecule has 2 fully saturated rings. The first-order valence-electron chi connectivity index (χ1n) is 9.48. The van der Waals surface area contributed by atoms with E-state index in [1.807, 2.05) is 4.90 Å². The lowest BCUT2D eigenvalue weighted by Gasteiger charge is -2.28. The van der Waals surface area contributed by atoms with Gasteiger partial charge in [0.1, 0.15) is 0 Å². The molecule has 0 atom stereocenters. The van der Waals surface area contributed by atoms with Crippen LogP contribution >= 0.6 is 0 Å². The van der Waals surface area contributed by atoms with E-state index in [1.54, 1.807) is 0 Å². The molecule has 1 saturated heterocycles. The predicted octanol–water partition coefficient (Wildman–Crippen LogP) is 2.90. The number of carbonyl (C=O) groups is 2. The highest BCUT2D eigenvalue weighted by atomic mass is 16.2. The highest BCUT2D eigenvalue weighted by Gasteiger charge is 2.20. The summed E-state index contributed by atoms with van der Waals surface area (Å²) in [5.74, 6) is 1.68. The number of hydrogen-bond donors (Lipinski definition) is 2. The molecule has 1 aliphatic heterocycles. The Morgan fingerprint density at radius 2 is 1.61 bits per heavy atom. The van der Waals surface area contributed by atoms with Gasteiger partial charge >= 0.3 is 6.03 Å². The number of amides is 3. The summed E-state index contributed by atoms with van der Waals surface area (Å²) < 4.78 is 0. The van der Waals surface area contributed by atoms with Gasteiger partial charge < -0.3 is 15.5 Å². The van der Waals surface area contributed by atoms with Crippen molar-refractivity contribution in [3.8, 4) is 0 Å². The van der Waals surface area contributed by atoms with Gasteiger partial charge in [-0.15, -0.1) is 0 Å². The van der Waals surface area contributed by atoms with Gasteiger partial charge in [-0.2, -0.15) is 0 Å². The molecule has 0 radical (unpaired) electrons. The molecule has 2 N–H and O–H groups in total. The maximum Gasteiger partial charge on any atom is 0.314 e. The standard InChI is InChI=1S/C18H33N3O2/c1-2-15-6-8-16(9-7-15)14-20-18(23)19-11-10-17(22)21-12-4-3-5-13-21/h15-16H,2-14H2,1H3,(H2,19,20,23). The predicted molar refractivity (Wildman–Crippen MR) is 92.2 cm³/mol. The molecule has 0 spiro atoms. The van der Waals surface area contributed by atoms with Crippen molar-refractivity contribution in [2.24, 2.45) is 11.8 Å². The van der Waals surface area contributed by atoms with Crippen molar-refractivity contribution in [2.45, 2.75) is 64.7 Å². The van der Waals surface area contributed by atoms with E-state index in [4.69, 9.17) is 0 Å². The SMILES string of the molecule is CCC1CCC(CNC(=O)NCCC(=O)N2CCCCC2)CC1. The third-order valence-corrected chi connectivity index (χ3v) is 5.43. The van der Waals surface area contributed by atoms with Crippen molar-refractivity contribution in [2.75, 3.05) is 26.2 Å². The second-order valence-electron chi connectivity index (χ2n) is 7.12. The lowest BCUT2D eigenvalue weighted by atomic mass is 9.81. The van der Waals surface area contributed by atoms with Crippen LogP contribution in [0.15, 0.2) is 0 Å². The molecular formula is C18H33N3O2. The van der Waals surface area contributed by atoms with Crippen molar-refractivity contribution in [1.82, 2.24) is 15.5 Å². The molecule has 1 saturated carbocycles. The molecule has 132 valence electrons. The van der Waals surface area contributed by atoms with Crippen molar-refractivity contribution >= 4 is 11.9 Å². The van der Waals surface area contributed by atoms with E-state index in [0.717, 1.165) is 38.4 Å². The Balaban J connectivity index is 1.52. The summed E-state index contributed by atoms with van der Waals surface area (Å²) in [5.41, 5.74) is 0. The molecule has 0 aromatic rings. The molecule has 1 aliphatic carbocycles. The molecule has 5 nitrogen and oxygen atoms in total. The van der Waals surface area contributed by atoms with E-state index in [9.17, 15) is 9.59 Å². The maximum atomic E-state index is 12.0. The van der Waals surface area contributed by atoms with E-state index < -0.39 is 0 Å². The van der Waals surface area contributed by atoms with Gasteiger partial charge in [0.25, 0.3) is 0 Å². The fraction of sp³-hybridized carbons (Fsp3) is 0.889. The third kappa shape index (κ3) is 6.40. The monoisotopic (exact) mass is 323 g/mol. The summed E-state index contributed by atoms with van der Waals surface area (Å²) in [6, 6.07) is -0.131. The number of hydrogen-bond acceptors (Lipinski definition) is 2. The average Bonchev–Trinajstić information content (AvgIpc) is 2.61. The van der Waals surface area contributed by atoms with Crippen molar-refractivity contribution in [3.63, 3.8) is 0 Å². The molecule has 2 rings (SSSR count). The third-order valence-electron chi connectivity index (χ3n) is 5.43. The summed E-state index contributed by atoms with van der Waals surface area (Å²) in [7, 11) is 0. The van der Waals surface area contributed by atoms with E-state index in [1.165, 1.54) is 38.5 Å². The average molecular weight is 323 g/mol. The first-order chi connectivity index (χ1) is 11.2. The van der Waals surface area contributed by atoms with Crippen LogP contribution in [-0.4, -0.2) is 43.0 Å². The minimum absolute atomic E-state index is 0.131. The molecule has 1 heterocycles. The second-order valence-corrected chi connectivity index (χ2v) is 7.12. The smallest absolute Gasteiger partial charge is 0.314 e. The molecular weight excluding hydrogens is 290 g/mol. The van der Waals surface area contributed by atoms with Crippen LogP contribution in [-0.2, 0) is 4.79 Å². The van der Waals surface area contributed by atoms with Crippen LogP contribution in [0.2, 0.25) is 0 Å². The van der Waals surface area contributed by atoms with E-state index in [-0.39, 0.29) is 11.9 Å². The molecule has 0 unspecified atom stereocenters. The lowest BCUT2D eigenvalue weighted by molar-refractivity contribution is -0.131. The molecule has 3 amide bonds. The van der Waals surface area contributed by atoms with Gasteiger partial charge in [0.15, 0.2) is 0 Å². The van der Waals surface area contributed by atoms with Gasteiger partial charge in [-0.05, 0) is 43.9 Å². The van der Waals surface area contributed by atoms with Gasteiger partial charge in [0.05, 0.1) is 0 Å². The van der Waals surface area contributed by atoms with Crippen LogP contribution in [0, 0.1) is 11.8 Å². The van der Waals surface area contributed by atoms with Gasteiger partial charge in [-0.3, -0.25) is 4.79 Å². The summed E-state index contributed by atoms with van der Waals surface area (Å²) in [4.78, 5) is 25.7. The number of nitrogens with one attached hydrogen (secondary N) is 2. The molecule has 0 bridgehead atoms.